The topological polar surface area (TPSA) is 64.4 Å². The van der Waals surface area contributed by atoms with Gasteiger partial charge in [0.15, 0.2) is 0 Å². The number of hydrogen-bond donors (Lipinski definition) is 2. The summed E-state index contributed by atoms with van der Waals surface area (Å²) in [4.78, 5) is 12.1. The number of rotatable bonds is 3. The van der Waals surface area contributed by atoms with Crippen molar-refractivity contribution >= 4 is 5.91 Å². The number of ether oxygens (including phenoxy) is 1. The fourth-order valence-corrected chi connectivity index (χ4v) is 2.84. The molecule has 98 valence electrons. The summed E-state index contributed by atoms with van der Waals surface area (Å²) in [5, 5.41) is 3.07. The van der Waals surface area contributed by atoms with Gasteiger partial charge in [0.1, 0.15) is 0 Å². The molecule has 2 aliphatic rings. The van der Waals surface area contributed by atoms with Gasteiger partial charge in [0.2, 0.25) is 5.91 Å². The third-order valence-electron chi connectivity index (χ3n) is 4.16. The lowest BCUT2D eigenvalue weighted by molar-refractivity contribution is -0.127. The van der Waals surface area contributed by atoms with Crippen LogP contribution in [-0.4, -0.2) is 31.7 Å². The molecular weight excluding hydrogens is 216 g/mol. The van der Waals surface area contributed by atoms with Gasteiger partial charge in [-0.15, -0.1) is 0 Å². The van der Waals surface area contributed by atoms with E-state index in [0.29, 0.717) is 11.8 Å². The van der Waals surface area contributed by atoms with E-state index in [0.717, 1.165) is 45.4 Å². The lowest BCUT2D eigenvalue weighted by Gasteiger charge is -2.31. The van der Waals surface area contributed by atoms with Gasteiger partial charge in [-0.25, -0.2) is 0 Å². The summed E-state index contributed by atoms with van der Waals surface area (Å²) in [5.41, 5.74) is 5.94. The molecule has 0 bridgehead atoms. The molecule has 0 aromatic heterocycles. The van der Waals surface area contributed by atoms with Crippen molar-refractivity contribution in [3.63, 3.8) is 0 Å². The Kier molecular flexibility index (Phi) is 4.40. The Labute approximate surface area is 103 Å². The van der Waals surface area contributed by atoms with Crippen LogP contribution in [0.15, 0.2) is 0 Å². The van der Waals surface area contributed by atoms with Gasteiger partial charge < -0.3 is 15.8 Å². The average molecular weight is 240 g/mol. The van der Waals surface area contributed by atoms with Gasteiger partial charge >= 0.3 is 0 Å². The standard InChI is InChI=1S/C13H24N2O2/c1-9-2-3-11(14)6-12(9)13(16)15-7-10-4-5-17-8-10/h9-12H,2-8,14H2,1H3,(H,15,16). The summed E-state index contributed by atoms with van der Waals surface area (Å²) in [6, 6.07) is 0.205. The summed E-state index contributed by atoms with van der Waals surface area (Å²) in [7, 11) is 0. The van der Waals surface area contributed by atoms with Gasteiger partial charge in [-0.2, -0.15) is 0 Å². The molecule has 1 heterocycles. The zero-order chi connectivity index (χ0) is 12.3. The summed E-state index contributed by atoms with van der Waals surface area (Å²) in [5.74, 6) is 1.28. The van der Waals surface area contributed by atoms with Crippen molar-refractivity contribution in [2.24, 2.45) is 23.5 Å². The maximum Gasteiger partial charge on any atom is 0.223 e. The molecule has 4 unspecified atom stereocenters. The summed E-state index contributed by atoms with van der Waals surface area (Å²) >= 11 is 0. The van der Waals surface area contributed by atoms with Crippen LogP contribution in [0.25, 0.3) is 0 Å². The highest BCUT2D eigenvalue weighted by molar-refractivity contribution is 5.79. The van der Waals surface area contributed by atoms with Crippen molar-refractivity contribution in [3.05, 3.63) is 0 Å². The third kappa shape index (κ3) is 3.42. The van der Waals surface area contributed by atoms with Crippen molar-refractivity contribution in [2.75, 3.05) is 19.8 Å². The second kappa shape index (κ2) is 5.83. The summed E-state index contributed by atoms with van der Waals surface area (Å²) in [6.45, 7) is 4.55. The molecule has 0 aromatic carbocycles. The maximum atomic E-state index is 12.1. The van der Waals surface area contributed by atoms with Gasteiger partial charge in [-0.1, -0.05) is 6.92 Å². The molecule has 1 saturated carbocycles. The molecule has 4 heteroatoms. The average Bonchev–Trinajstić information content (AvgIpc) is 2.82. The number of carbonyl (C=O) groups is 1. The monoisotopic (exact) mass is 240 g/mol. The first-order valence-corrected chi connectivity index (χ1v) is 6.78. The van der Waals surface area contributed by atoms with Crippen LogP contribution in [0.4, 0.5) is 0 Å². The molecule has 3 N–H and O–H groups in total. The fourth-order valence-electron chi connectivity index (χ4n) is 2.84. The van der Waals surface area contributed by atoms with E-state index in [4.69, 9.17) is 10.5 Å². The molecule has 0 aromatic rings. The van der Waals surface area contributed by atoms with Crippen molar-refractivity contribution < 1.29 is 9.53 Å². The molecule has 0 radical (unpaired) electrons. The van der Waals surface area contributed by atoms with Crippen molar-refractivity contribution in [1.82, 2.24) is 5.32 Å². The molecule has 4 atom stereocenters. The van der Waals surface area contributed by atoms with Gasteiger partial charge in [-0.05, 0) is 31.6 Å². The van der Waals surface area contributed by atoms with Crippen LogP contribution in [0.1, 0.15) is 32.6 Å². The molecular formula is C13H24N2O2. The highest BCUT2D eigenvalue weighted by Crippen LogP contribution is 2.29. The largest absolute Gasteiger partial charge is 0.381 e. The molecule has 1 saturated heterocycles. The number of amides is 1. The quantitative estimate of drug-likeness (QED) is 0.770. The Morgan fingerprint density at radius 3 is 2.94 bits per heavy atom. The predicted octanol–water partition coefficient (Wildman–Crippen LogP) is 0.903. The maximum absolute atomic E-state index is 12.1. The highest BCUT2D eigenvalue weighted by atomic mass is 16.5. The van der Waals surface area contributed by atoms with Crippen LogP contribution in [0.3, 0.4) is 0 Å². The molecule has 1 aliphatic heterocycles. The van der Waals surface area contributed by atoms with Crippen LogP contribution in [-0.2, 0) is 9.53 Å². The SMILES string of the molecule is CC1CCC(N)CC1C(=O)NCC1CCOC1. The van der Waals surface area contributed by atoms with E-state index < -0.39 is 0 Å². The van der Waals surface area contributed by atoms with Crippen LogP contribution in [0.2, 0.25) is 0 Å². The van der Waals surface area contributed by atoms with E-state index in [9.17, 15) is 4.79 Å². The Hall–Kier alpha value is -0.610. The smallest absolute Gasteiger partial charge is 0.223 e. The molecule has 1 aliphatic carbocycles. The van der Waals surface area contributed by atoms with Crippen molar-refractivity contribution in [1.29, 1.82) is 0 Å². The van der Waals surface area contributed by atoms with Crippen LogP contribution < -0.4 is 11.1 Å². The molecule has 1 amide bonds. The third-order valence-corrected chi connectivity index (χ3v) is 4.16. The first-order valence-electron chi connectivity index (χ1n) is 6.78. The molecule has 2 rings (SSSR count). The zero-order valence-electron chi connectivity index (χ0n) is 10.7. The predicted molar refractivity (Wildman–Crippen MR) is 66.4 cm³/mol. The van der Waals surface area contributed by atoms with Crippen LogP contribution in [0, 0.1) is 17.8 Å². The van der Waals surface area contributed by atoms with Crippen molar-refractivity contribution in [3.8, 4) is 0 Å². The van der Waals surface area contributed by atoms with E-state index in [-0.39, 0.29) is 17.9 Å². The Morgan fingerprint density at radius 2 is 2.24 bits per heavy atom. The molecule has 4 nitrogen and oxygen atoms in total. The van der Waals surface area contributed by atoms with E-state index >= 15 is 0 Å². The molecule has 17 heavy (non-hydrogen) atoms. The van der Waals surface area contributed by atoms with Crippen LogP contribution >= 0.6 is 0 Å². The Morgan fingerprint density at radius 1 is 1.41 bits per heavy atom. The van der Waals surface area contributed by atoms with Gasteiger partial charge in [0.05, 0.1) is 6.61 Å². The van der Waals surface area contributed by atoms with E-state index in [1.807, 2.05) is 0 Å². The second-order valence-corrected chi connectivity index (χ2v) is 5.63. The van der Waals surface area contributed by atoms with Gasteiger partial charge in [-0.3, -0.25) is 4.79 Å². The first kappa shape index (κ1) is 12.8. The number of nitrogens with two attached hydrogens (primary N) is 1. The summed E-state index contributed by atoms with van der Waals surface area (Å²) in [6.07, 6.45) is 4.04. The van der Waals surface area contributed by atoms with Crippen LogP contribution in [0.5, 0.6) is 0 Å². The van der Waals surface area contributed by atoms with E-state index in [1.54, 1.807) is 0 Å². The molecule has 2 fully saturated rings. The highest BCUT2D eigenvalue weighted by Gasteiger charge is 2.31. The molecule has 0 spiro atoms. The number of hydrogen-bond acceptors (Lipinski definition) is 3. The lowest BCUT2D eigenvalue weighted by atomic mass is 9.77. The van der Waals surface area contributed by atoms with E-state index in [1.165, 1.54) is 0 Å². The fraction of sp³-hybridized carbons (Fsp3) is 0.923. The minimum Gasteiger partial charge on any atom is -0.381 e. The van der Waals surface area contributed by atoms with E-state index in [2.05, 4.69) is 12.2 Å². The van der Waals surface area contributed by atoms with Gasteiger partial charge in [0.25, 0.3) is 0 Å². The minimum atomic E-state index is 0.112. The lowest BCUT2D eigenvalue weighted by Crippen LogP contribution is -2.42. The van der Waals surface area contributed by atoms with Gasteiger partial charge in [0, 0.05) is 31.0 Å². The zero-order valence-corrected chi connectivity index (χ0v) is 10.7. The Balaban J connectivity index is 1.77. The second-order valence-electron chi connectivity index (χ2n) is 5.63. The summed E-state index contributed by atoms with van der Waals surface area (Å²) < 4.78 is 5.30. The Bertz CT molecular complexity index is 264. The normalized spacial score (nSPS) is 38.0. The minimum absolute atomic E-state index is 0.112. The van der Waals surface area contributed by atoms with Crippen molar-refractivity contribution in [2.45, 2.75) is 38.6 Å². The first-order chi connectivity index (χ1) is 8.16. The number of carbonyl (C=O) groups excluding carboxylic acids is 1. The number of nitrogens with one attached hydrogen (secondary N) is 1.